The molecule has 1 aromatic rings. The molecule has 0 aliphatic heterocycles. The minimum atomic E-state index is 0.345. The molecule has 2 heteroatoms. The van der Waals surface area contributed by atoms with Crippen molar-refractivity contribution < 1.29 is 5.11 Å². The van der Waals surface area contributed by atoms with Gasteiger partial charge in [-0.2, -0.15) is 0 Å². The van der Waals surface area contributed by atoms with Crippen LogP contribution in [0, 0.1) is 12.3 Å². The van der Waals surface area contributed by atoms with Crippen LogP contribution in [-0.4, -0.2) is 24.3 Å². The third-order valence-electron chi connectivity index (χ3n) is 5.13. The molecule has 3 rings (SSSR count). The summed E-state index contributed by atoms with van der Waals surface area (Å²) in [4.78, 5) is 0. The van der Waals surface area contributed by atoms with Crippen molar-refractivity contribution in [2.45, 2.75) is 51.0 Å². The minimum Gasteiger partial charge on any atom is -0.396 e. The lowest BCUT2D eigenvalue weighted by Gasteiger charge is -2.38. The van der Waals surface area contributed by atoms with Crippen molar-refractivity contribution in [3.63, 3.8) is 0 Å². The summed E-state index contributed by atoms with van der Waals surface area (Å²) < 4.78 is 0. The van der Waals surface area contributed by atoms with Gasteiger partial charge in [-0.15, -0.1) is 0 Å². The molecule has 0 unspecified atom stereocenters. The largest absolute Gasteiger partial charge is 0.396 e. The van der Waals surface area contributed by atoms with E-state index in [9.17, 15) is 0 Å². The van der Waals surface area contributed by atoms with Crippen LogP contribution < -0.4 is 5.32 Å². The molecule has 2 saturated carbocycles. The van der Waals surface area contributed by atoms with Gasteiger partial charge in [-0.05, 0) is 61.5 Å². The summed E-state index contributed by atoms with van der Waals surface area (Å²) >= 11 is 0. The molecule has 19 heavy (non-hydrogen) atoms. The fourth-order valence-corrected chi connectivity index (χ4v) is 3.37. The molecule has 0 bridgehead atoms. The second-order valence-electron chi connectivity index (χ2n) is 6.58. The van der Waals surface area contributed by atoms with Crippen molar-refractivity contribution in [1.82, 2.24) is 5.32 Å². The van der Waals surface area contributed by atoms with E-state index in [2.05, 4.69) is 36.5 Å². The molecule has 0 saturated heterocycles. The maximum absolute atomic E-state index is 9.07. The quantitative estimate of drug-likeness (QED) is 0.823. The number of hydrogen-bond acceptors (Lipinski definition) is 2. The first-order valence-electron chi connectivity index (χ1n) is 7.62. The molecule has 2 aliphatic carbocycles. The number of aliphatic hydroxyl groups excluding tert-OH is 1. The van der Waals surface area contributed by atoms with Crippen molar-refractivity contribution in [3.8, 4) is 0 Å². The van der Waals surface area contributed by atoms with E-state index in [0.29, 0.717) is 18.1 Å². The highest BCUT2D eigenvalue weighted by Crippen LogP contribution is 2.48. The lowest BCUT2D eigenvalue weighted by molar-refractivity contribution is 0.224. The van der Waals surface area contributed by atoms with Crippen molar-refractivity contribution in [2.24, 2.45) is 5.41 Å². The van der Waals surface area contributed by atoms with Crippen LogP contribution in [0.15, 0.2) is 24.3 Å². The minimum absolute atomic E-state index is 0.345. The van der Waals surface area contributed by atoms with Gasteiger partial charge in [0, 0.05) is 19.2 Å². The number of rotatable bonds is 6. The summed E-state index contributed by atoms with van der Waals surface area (Å²) in [6.07, 6.45) is 6.14. The number of hydrogen-bond donors (Lipinski definition) is 2. The van der Waals surface area contributed by atoms with E-state index in [-0.39, 0.29) is 0 Å². The van der Waals surface area contributed by atoms with Crippen LogP contribution in [0.3, 0.4) is 0 Å². The summed E-state index contributed by atoms with van der Waals surface area (Å²) in [6.45, 7) is 3.67. The summed E-state index contributed by atoms with van der Waals surface area (Å²) in [7, 11) is 0. The predicted octanol–water partition coefficient (Wildman–Crippen LogP) is 2.99. The molecular formula is C17H25NO. The number of benzene rings is 1. The van der Waals surface area contributed by atoms with Crippen LogP contribution in [-0.2, 0) is 0 Å². The molecule has 104 valence electrons. The Kier molecular flexibility index (Phi) is 3.64. The normalized spacial score (nSPS) is 27.9. The Balaban J connectivity index is 1.45. The zero-order valence-corrected chi connectivity index (χ0v) is 11.9. The SMILES string of the molecule is Cc1ccccc1C1CC(NCC2(CCO)CC2)C1. The molecular weight excluding hydrogens is 234 g/mol. The van der Waals surface area contributed by atoms with Crippen molar-refractivity contribution in [2.75, 3.05) is 13.2 Å². The van der Waals surface area contributed by atoms with E-state index < -0.39 is 0 Å². The highest BCUT2D eigenvalue weighted by Gasteiger charge is 2.42. The van der Waals surface area contributed by atoms with E-state index in [0.717, 1.165) is 18.9 Å². The van der Waals surface area contributed by atoms with Gasteiger partial charge in [0.1, 0.15) is 0 Å². The molecule has 0 amide bonds. The maximum Gasteiger partial charge on any atom is 0.0436 e. The first kappa shape index (κ1) is 13.1. The van der Waals surface area contributed by atoms with Crippen molar-refractivity contribution in [3.05, 3.63) is 35.4 Å². The van der Waals surface area contributed by atoms with Crippen LogP contribution >= 0.6 is 0 Å². The first-order valence-corrected chi connectivity index (χ1v) is 7.62. The zero-order chi connectivity index (χ0) is 13.3. The molecule has 2 aliphatic rings. The van der Waals surface area contributed by atoms with Crippen LogP contribution in [0.1, 0.15) is 49.1 Å². The van der Waals surface area contributed by atoms with Crippen LogP contribution in [0.2, 0.25) is 0 Å². The van der Waals surface area contributed by atoms with E-state index in [4.69, 9.17) is 5.11 Å². The molecule has 0 spiro atoms. The number of aryl methyl sites for hydroxylation is 1. The smallest absolute Gasteiger partial charge is 0.0436 e. The highest BCUT2D eigenvalue weighted by molar-refractivity contribution is 5.31. The van der Waals surface area contributed by atoms with E-state index in [1.807, 2.05) is 0 Å². The van der Waals surface area contributed by atoms with Gasteiger partial charge in [0.25, 0.3) is 0 Å². The molecule has 0 heterocycles. The summed E-state index contributed by atoms with van der Waals surface area (Å²) in [5, 5.41) is 12.8. The van der Waals surface area contributed by atoms with Crippen LogP contribution in [0.25, 0.3) is 0 Å². The summed E-state index contributed by atoms with van der Waals surface area (Å²) in [5.41, 5.74) is 3.42. The topological polar surface area (TPSA) is 32.3 Å². The summed E-state index contributed by atoms with van der Waals surface area (Å²) in [6, 6.07) is 9.48. The van der Waals surface area contributed by atoms with Gasteiger partial charge >= 0.3 is 0 Å². The zero-order valence-electron chi connectivity index (χ0n) is 11.9. The molecule has 0 radical (unpaired) electrons. The Morgan fingerprint density at radius 3 is 2.63 bits per heavy atom. The third-order valence-corrected chi connectivity index (χ3v) is 5.13. The van der Waals surface area contributed by atoms with E-state index in [1.54, 1.807) is 0 Å². The lowest BCUT2D eigenvalue weighted by atomic mass is 9.74. The second-order valence-corrected chi connectivity index (χ2v) is 6.58. The Morgan fingerprint density at radius 1 is 1.26 bits per heavy atom. The van der Waals surface area contributed by atoms with Gasteiger partial charge in [0.2, 0.25) is 0 Å². The Hall–Kier alpha value is -0.860. The van der Waals surface area contributed by atoms with E-state index >= 15 is 0 Å². The van der Waals surface area contributed by atoms with Gasteiger partial charge < -0.3 is 10.4 Å². The van der Waals surface area contributed by atoms with Crippen molar-refractivity contribution >= 4 is 0 Å². The fourth-order valence-electron chi connectivity index (χ4n) is 3.37. The van der Waals surface area contributed by atoms with Crippen LogP contribution in [0.5, 0.6) is 0 Å². The molecule has 2 nitrogen and oxygen atoms in total. The lowest BCUT2D eigenvalue weighted by Crippen LogP contribution is -2.43. The standard InChI is InChI=1S/C17H25NO/c1-13-4-2-3-5-16(13)14-10-15(11-14)18-12-17(6-7-17)8-9-19/h2-5,14-15,18-19H,6-12H2,1H3. The average molecular weight is 259 g/mol. The van der Waals surface area contributed by atoms with Gasteiger partial charge in [-0.1, -0.05) is 24.3 Å². The molecule has 0 aromatic heterocycles. The molecule has 2 N–H and O–H groups in total. The highest BCUT2D eigenvalue weighted by atomic mass is 16.3. The van der Waals surface area contributed by atoms with Gasteiger partial charge in [-0.3, -0.25) is 0 Å². The van der Waals surface area contributed by atoms with Gasteiger partial charge in [0.05, 0.1) is 0 Å². The fraction of sp³-hybridized carbons (Fsp3) is 0.647. The Labute approximate surface area is 116 Å². The molecule has 1 aromatic carbocycles. The second kappa shape index (κ2) is 5.26. The van der Waals surface area contributed by atoms with E-state index in [1.165, 1.54) is 36.8 Å². The number of aliphatic hydroxyl groups is 1. The van der Waals surface area contributed by atoms with Gasteiger partial charge in [0.15, 0.2) is 0 Å². The average Bonchev–Trinajstić information content (AvgIpc) is 3.10. The molecule has 2 fully saturated rings. The third kappa shape index (κ3) is 2.85. The monoisotopic (exact) mass is 259 g/mol. The predicted molar refractivity (Wildman–Crippen MR) is 78.3 cm³/mol. The number of nitrogens with one attached hydrogen (secondary N) is 1. The van der Waals surface area contributed by atoms with Gasteiger partial charge in [-0.25, -0.2) is 0 Å². The molecule has 0 atom stereocenters. The maximum atomic E-state index is 9.07. The Bertz CT molecular complexity index is 433. The van der Waals surface area contributed by atoms with Crippen molar-refractivity contribution in [1.29, 1.82) is 0 Å². The first-order chi connectivity index (χ1) is 9.22. The Morgan fingerprint density at radius 2 is 2.00 bits per heavy atom. The summed E-state index contributed by atoms with van der Waals surface area (Å²) in [5.74, 6) is 0.756. The van der Waals surface area contributed by atoms with Crippen LogP contribution in [0.4, 0.5) is 0 Å².